The highest BCUT2D eigenvalue weighted by molar-refractivity contribution is 7.47. The highest BCUT2D eigenvalue weighted by Crippen LogP contribution is 2.43. The largest absolute Gasteiger partial charge is 0.480 e. The van der Waals surface area contributed by atoms with Gasteiger partial charge in [0.05, 0.1) is 13.2 Å². The number of phosphoric ester groups is 1. The van der Waals surface area contributed by atoms with Crippen molar-refractivity contribution in [1.82, 2.24) is 5.32 Å². The number of carbonyl (C=O) groups is 3. The summed E-state index contributed by atoms with van der Waals surface area (Å²) in [5.74, 6) is -2.61. The molecular weight excluding hydrogens is 613 g/mol. The third-order valence-electron chi connectivity index (χ3n) is 6.07. The molecule has 0 aromatic heterocycles. The summed E-state index contributed by atoms with van der Waals surface area (Å²) < 4.78 is 25.7. The minimum atomic E-state index is -4.72. The molecule has 0 aliphatic rings. The molecule has 0 bridgehead atoms. The number of hydrogen-bond donors (Lipinski definition) is 4. The van der Waals surface area contributed by atoms with Gasteiger partial charge in [-0.1, -0.05) is 92.7 Å². The van der Waals surface area contributed by atoms with Crippen molar-refractivity contribution in [1.29, 1.82) is 0 Å². The lowest BCUT2D eigenvalue weighted by Gasteiger charge is -2.18. The lowest BCUT2D eigenvalue weighted by molar-refractivity contribution is -0.144. The van der Waals surface area contributed by atoms with E-state index in [0.29, 0.717) is 6.42 Å². The molecule has 0 saturated heterocycles. The second-order valence-electron chi connectivity index (χ2n) is 10.3. The van der Waals surface area contributed by atoms with Crippen LogP contribution < -0.4 is 5.32 Å². The van der Waals surface area contributed by atoms with E-state index in [1.165, 1.54) is 0 Å². The number of hydrogen-bond acceptors (Lipinski definition) is 8. The summed E-state index contributed by atoms with van der Waals surface area (Å²) in [6, 6.07) is -1.56. The Morgan fingerprint density at radius 2 is 1.20 bits per heavy atom. The Morgan fingerprint density at radius 1 is 0.717 bits per heavy atom. The van der Waals surface area contributed by atoms with Gasteiger partial charge in [-0.2, -0.15) is 0 Å². The van der Waals surface area contributed by atoms with E-state index in [4.69, 9.17) is 0 Å². The third-order valence-corrected chi connectivity index (χ3v) is 7.02. The van der Waals surface area contributed by atoms with Gasteiger partial charge in [-0.25, -0.2) is 9.36 Å². The van der Waals surface area contributed by atoms with Crippen molar-refractivity contribution < 1.29 is 47.8 Å². The van der Waals surface area contributed by atoms with Crippen LogP contribution in [0.4, 0.5) is 0 Å². The van der Waals surface area contributed by atoms with Gasteiger partial charge in [0.25, 0.3) is 0 Å². The van der Waals surface area contributed by atoms with E-state index in [0.717, 1.165) is 71.1 Å². The zero-order chi connectivity index (χ0) is 34.3. The number of carboxylic acids is 1. The second-order valence-corrected chi connectivity index (χ2v) is 11.8. The molecule has 0 aromatic rings. The standard InChI is InChI=1S/C34H54NO10P/c1-3-4-5-6-7-8-9-10-11-12-13-14-15-16-17-18-19-20-21-22-23-24-25-26-33(38)35-32(34(39)40)29-45-46(41,42)44-28-31(37)27-43-30(2)36/h4-5,7-8,10-11,13-14,16-17,19-20,31-32,37H,3,6,9,12,15,18,21-29H2,1-2H3,(H,35,38)(H,39,40)(H,41,42)/b5-4-,8-7-,11-10-,14-13-,17-16-,20-19-. The highest BCUT2D eigenvalue weighted by atomic mass is 31.2. The summed E-state index contributed by atoms with van der Waals surface area (Å²) in [6.45, 7) is 1.30. The number of nitrogens with one attached hydrogen (secondary N) is 1. The molecule has 0 aromatic carbocycles. The number of aliphatic carboxylic acids is 1. The number of unbranched alkanes of at least 4 members (excludes halogenated alkanes) is 4. The third kappa shape index (κ3) is 29.6. The first-order valence-electron chi connectivity index (χ1n) is 15.9. The molecule has 0 aliphatic heterocycles. The summed E-state index contributed by atoms with van der Waals surface area (Å²) in [7, 11) is -4.72. The second kappa shape index (κ2) is 29.3. The van der Waals surface area contributed by atoms with Crippen LogP contribution >= 0.6 is 7.82 Å². The summed E-state index contributed by atoms with van der Waals surface area (Å²) in [4.78, 5) is 44.0. The summed E-state index contributed by atoms with van der Waals surface area (Å²) >= 11 is 0. The molecule has 0 rings (SSSR count). The molecule has 11 nitrogen and oxygen atoms in total. The maximum Gasteiger partial charge on any atom is 0.472 e. The van der Waals surface area contributed by atoms with Gasteiger partial charge in [0.1, 0.15) is 12.7 Å². The van der Waals surface area contributed by atoms with Crippen LogP contribution in [0.2, 0.25) is 0 Å². The predicted octanol–water partition coefficient (Wildman–Crippen LogP) is 6.65. The van der Waals surface area contributed by atoms with Crippen LogP contribution in [0, 0.1) is 0 Å². The lowest BCUT2D eigenvalue weighted by atomic mass is 10.1. The van der Waals surface area contributed by atoms with Gasteiger partial charge < -0.3 is 25.2 Å². The van der Waals surface area contributed by atoms with Gasteiger partial charge in [-0.05, 0) is 57.8 Å². The van der Waals surface area contributed by atoms with Crippen LogP contribution in [-0.4, -0.2) is 64.9 Å². The van der Waals surface area contributed by atoms with Crippen LogP contribution in [0.25, 0.3) is 0 Å². The fourth-order valence-corrected chi connectivity index (χ4v) is 4.40. The van der Waals surface area contributed by atoms with Crippen LogP contribution in [0.5, 0.6) is 0 Å². The minimum absolute atomic E-state index is 0.110. The number of aliphatic hydroxyl groups excluding tert-OH is 1. The molecule has 0 aliphatic carbocycles. The van der Waals surface area contributed by atoms with Crippen LogP contribution in [0.1, 0.15) is 90.9 Å². The van der Waals surface area contributed by atoms with Crippen molar-refractivity contribution in [2.24, 2.45) is 0 Å². The SMILES string of the molecule is CC/C=C\C/C=C\C/C=C\C/C=C\C/C=C\C/C=C\CCCCCCC(=O)NC(COP(=O)(O)OCC(O)COC(C)=O)C(=O)O. The molecule has 0 radical (unpaired) electrons. The molecule has 12 heteroatoms. The summed E-state index contributed by atoms with van der Waals surface area (Å²) in [5.41, 5.74) is 0. The van der Waals surface area contributed by atoms with Gasteiger partial charge in [0.15, 0.2) is 6.04 Å². The molecule has 46 heavy (non-hydrogen) atoms. The zero-order valence-corrected chi connectivity index (χ0v) is 28.2. The quantitative estimate of drug-likeness (QED) is 0.0307. The number of amides is 1. The van der Waals surface area contributed by atoms with Crippen molar-refractivity contribution in [2.75, 3.05) is 19.8 Å². The molecule has 3 atom stereocenters. The molecule has 0 spiro atoms. The Labute approximate surface area is 274 Å². The first-order chi connectivity index (χ1) is 22.1. The maximum atomic E-state index is 12.1. The van der Waals surface area contributed by atoms with E-state index < -0.39 is 57.6 Å². The maximum absolute atomic E-state index is 12.1. The molecule has 0 heterocycles. The molecule has 0 saturated carbocycles. The highest BCUT2D eigenvalue weighted by Gasteiger charge is 2.28. The van der Waals surface area contributed by atoms with Crippen molar-refractivity contribution >= 4 is 25.7 Å². The number of allylic oxidation sites excluding steroid dienone is 12. The minimum Gasteiger partial charge on any atom is -0.480 e. The van der Waals surface area contributed by atoms with E-state index in [1.54, 1.807) is 0 Å². The average Bonchev–Trinajstić information content (AvgIpc) is 3.01. The number of phosphoric acid groups is 1. The number of carboxylic acid groups (broad SMARTS) is 1. The van der Waals surface area contributed by atoms with Crippen molar-refractivity contribution in [3.8, 4) is 0 Å². The van der Waals surface area contributed by atoms with Gasteiger partial charge in [-0.3, -0.25) is 18.6 Å². The Morgan fingerprint density at radius 3 is 1.70 bits per heavy atom. The van der Waals surface area contributed by atoms with Crippen molar-refractivity contribution in [3.63, 3.8) is 0 Å². The van der Waals surface area contributed by atoms with E-state index in [2.05, 4.69) is 98.9 Å². The molecule has 1 amide bonds. The Kier molecular flexibility index (Phi) is 27.4. The Hall–Kier alpha value is -3.08. The Bertz CT molecular complexity index is 1060. The normalized spacial score (nSPS) is 15.0. The number of esters is 1. The molecule has 260 valence electrons. The van der Waals surface area contributed by atoms with E-state index in [1.807, 2.05) is 0 Å². The number of aliphatic hydroxyl groups is 1. The van der Waals surface area contributed by atoms with Gasteiger partial charge in [0, 0.05) is 13.3 Å². The number of ether oxygens (including phenoxy) is 1. The van der Waals surface area contributed by atoms with Crippen LogP contribution in [-0.2, 0) is 32.7 Å². The molecule has 0 fully saturated rings. The molecule has 4 N–H and O–H groups in total. The lowest BCUT2D eigenvalue weighted by Crippen LogP contribution is -2.43. The van der Waals surface area contributed by atoms with Crippen LogP contribution in [0.15, 0.2) is 72.9 Å². The monoisotopic (exact) mass is 667 g/mol. The first-order valence-corrected chi connectivity index (χ1v) is 17.4. The smallest absolute Gasteiger partial charge is 0.472 e. The molecular formula is C34H54NO10P. The Balaban J connectivity index is 3.94. The summed E-state index contributed by atoms with van der Waals surface area (Å²) in [5, 5.41) is 21.1. The fourth-order valence-electron chi connectivity index (χ4n) is 3.63. The number of rotatable bonds is 28. The van der Waals surface area contributed by atoms with Gasteiger partial charge >= 0.3 is 19.8 Å². The predicted molar refractivity (Wildman–Crippen MR) is 180 cm³/mol. The van der Waals surface area contributed by atoms with E-state index >= 15 is 0 Å². The van der Waals surface area contributed by atoms with Gasteiger partial charge in [0.2, 0.25) is 5.91 Å². The van der Waals surface area contributed by atoms with E-state index in [9.17, 15) is 34.1 Å². The summed E-state index contributed by atoms with van der Waals surface area (Å²) in [6.07, 6.45) is 34.8. The first kappa shape index (κ1) is 42.9. The van der Waals surface area contributed by atoms with Gasteiger partial charge in [-0.15, -0.1) is 0 Å². The van der Waals surface area contributed by atoms with Crippen molar-refractivity contribution in [3.05, 3.63) is 72.9 Å². The van der Waals surface area contributed by atoms with Crippen LogP contribution in [0.3, 0.4) is 0 Å². The molecule has 3 unspecified atom stereocenters. The fraction of sp³-hybridized carbons (Fsp3) is 0.559. The van der Waals surface area contributed by atoms with Crippen molar-refractivity contribution in [2.45, 2.75) is 103 Å². The average molecular weight is 668 g/mol. The topological polar surface area (TPSA) is 169 Å². The van der Waals surface area contributed by atoms with E-state index in [-0.39, 0.29) is 6.42 Å². The zero-order valence-electron chi connectivity index (χ0n) is 27.3. The number of carbonyl (C=O) groups excluding carboxylic acids is 2.